The van der Waals surface area contributed by atoms with E-state index in [0.717, 1.165) is 5.75 Å². The summed E-state index contributed by atoms with van der Waals surface area (Å²) in [5, 5.41) is 12.4. The second-order valence-corrected chi connectivity index (χ2v) is 5.61. The third-order valence-electron chi connectivity index (χ3n) is 3.73. The summed E-state index contributed by atoms with van der Waals surface area (Å²) in [4.78, 5) is 12.4. The Kier molecular flexibility index (Phi) is 4.95. The first-order chi connectivity index (χ1) is 12.1. The molecular formula is C20H19N2O3+. The van der Waals surface area contributed by atoms with Gasteiger partial charge in [-0.2, -0.15) is 4.57 Å². The topological polar surface area (TPSA) is 62.4 Å². The molecule has 0 bridgehead atoms. The molecule has 0 saturated heterocycles. The molecule has 0 aliphatic heterocycles. The summed E-state index contributed by atoms with van der Waals surface area (Å²) in [5.74, 6) is 1.39. The van der Waals surface area contributed by atoms with Gasteiger partial charge < -0.3 is 15.2 Å². The molecule has 0 unspecified atom stereocenters. The maximum Gasteiger partial charge on any atom is 0.293 e. The summed E-state index contributed by atoms with van der Waals surface area (Å²) in [6, 6.07) is 19.5. The molecule has 3 aromatic rings. The van der Waals surface area contributed by atoms with Crippen LogP contribution >= 0.6 is 0 Å². The fraction of sp³-hybridized carbons (Fsp3) is 0.100. The molecule has 0 aliphatic carbocycles. The molecule has 1 heterocycles. The van der Waals surface area contributed by atoms with Crippen molar-refractivity contribution in [2.75, 3.05) is 5.32 Å². The van der Waals surface area contributed by atoms with Crippen LogP contribution in [0, 0.1) is 0 Å². The van der Waals surface area contributed by atoms with Crippen LogP contribution in [0.15, 0.2) is 79.1 Å². The number of anilines is 1. The summed E-state index contributed by atoms with van der Waals surface area (Å²) in [6.07, 6.45) is 3.25. The molecule has 126 valence electrons. The highest BCUT2D eigenvalue weighted by atomic mass is 16.5. The van der Waals surface area contributed by atoms with Gasteiger partial charge in [0.2, 0.25) is 12.2 Å². The number of aromatic nitrogens is 1. The Balaban J connectivity index is 1.63. The normalized spacial score (nSPS) is 11.6. The Morgan fingerprint density at radius 3 is 2.36 bits per heavy atom. The molecule has 2 aromatic carbocycles. The first-order valence-electron chi connectivity index (χ1n) is 7.95. The van der Waals surface area contributed by atoms with Crippen LogP contribution in [0.5, 0.6) is 17.2 Å². The van der Waals surface area contributed by atoms with Crippen molar-refractivity contribution in [3.8, 4) is 17.2 Å². The quantitative estimate of drug-likeness (QED) is 0.699. The van der Waals surface area contributed by atoms with Crippen molar-refractivity contribution in [2.24, 2.45) is 0 Å². The van der Waals surface area contributed by atoms with Crippen LogP contribution in [0.1, 0.15) is 13.0 Å². The largest absolute Gasteiger partial charge is 0.503 e. The molecule has 0 saturated carbocycles. The van der Waals surface area contributed by atoms with Crippen LogP contribution in [0.25, 0.3) is 0 Å². The van der Waals surface area contributed by atoms with Crippen LogP contribution in [0.2, 0.25) is 0 Å². The maximum atomic E-state index is 12.4. The summed E-state index contributed by atoms with van der Waals surface area (Å²) >= 11 is 0. The first kappa shape index (κ1) is 16.5. The molecule has 5 heteroatoms. The number of rotatable bonds is 5. The van der Waals surface area contributed by atoms with Crippen molar-refractivity contribution < 1.29 is 19.2 Å². The number of ether oxygens (including phenoxy) is 1. The highest BCUT2D eigenvalue weighted by molar-refractivity contribution is 5.92. The molecule has 2 N–H and O–H groups in total. The smallest absolute Gasteiger partial charge is 0.293 e. The van der Waals surface area contributed by atoms with E-state index in [0.29, 0.717) is 11.4 Å². The zero-order chi connectivity index (χ0) is 17.6. The number of aromatic hydroxyl groups is 1. The van der Waals surface area contributed by atoms with Gasteiger partial charge in [0, 0.05) is 18.7 Å². The van der Waals surface area contributed by atoms with Gasteiger partial charge in [-0.1, -0.05) is 18.2 Å². The molecule has 0 radical (unpaired) electrons. The third-order valence-corrected chi connectivity index (χ3v) is 3.73. The first-order valence-corrected chi connectivity index (χ1v) is 7.95. The predicted molar refractivity (Wildman–Crippen MR) is 94.6 cm³/mol. The highest BCUT2D eigenvalue weighted by Gasteiger charge is 2.22. The minimum Gasteiger partial charge on any atom is -0.503 e. The van der Waals surface area contributed by atoms with Gasteiger partial charge in [-0.3, -0.25) is 4.79 Å². The molecular weight excluding hydrogens is 316 g/mol. The van der Waals surface area contributed by atoms with Gasteiger partial charge in [0.15, 0.2) is 11.9 Å². The Morgan fingerprint density at radius 1 is 1.00 bits per heavy atom. The minimum atomic E-state index is -0.452. The van der Waals surface area contributed by atoms with E-state index in [1.54, 1.807) is 54.1 Å². The number of benzene rings is 2. The van der Waals surface area contributed by atoms with Crippen LogP contribution in [-0.4, -0.2) is 11.0 Å². The second-order valence-electron chi connectivity index (χ2n) is 5.61. The van der Waals surface area contributed by atoms with E-state index in [1.165, 1.54) is 6.20 Å². The molecule has 1 amide bonds. The lowest BCUT2D eigenvalue weighted by Gasteiger charge is -2.10. The van der Waals surface area contributed by atoms with Crippen LogP contribution in [0.3, 0.4) is 0 Å². The SMILES string of the molecule is C[C@H](C(=O)Nc1ccc(Oc2ccccc2)cc1)[n+]1cccc(O)c1. The molecule has 3 rings (SSSR count). The van der Waals surface area contributed by atoms with Crippen molar-refractivity contribution >= 4 is 11.6 Å². The number of amides is 1. The lowest BCUT2D eigenvalue weighted by Crippen LogP contribution is -2.43. The van der Waals surface area contributed by atoms with Gasteiger partial charge >= 0.3 is 0 Å². The summed E-state index contributed by atoms with van der Waals surface area (Å²) in [7, 11) is 0. The van der Waals surface area contributed by atoms with Gasteiger partial charge in [-0.25, -0.2) is 0 Å². The molecule has 0 aliphatic rings. The number of nitrogens with one attached hydrogen (secondary N) is 1. The van der Waals surface area contributed by atoms with E-state index >= 15 is 0 Å². The predicted octanol–water partition coefficient (Wildman–Crippen LogP) is 3.67. The van der Waals surface area contributed by atoms with Gasteiger partial charge in [-0.05, 0) is 42.5 Å². The van der Waals surface area contributed by atoms with Crippen LogP contribution in [-0.2, 0) is 4.79 Å². The summed E-state index contributed by atoms with van der Waals surface area (Å²) in [6.45, 7) is 1.77. The zero-order valence-corrected chi connectivity index (χ0v) is 13.8. The average Bonchev–Trinajstić information content (AvgIpc) is 2.63. The molecule has 5 nitrogen and oxygen atoms in total. The van der Waals surface area contributed by atoms with Crippen molar-refractivity contribution in [3.63, 3.8) is 0 Å². The van der Waals surface area contributed by atoms with E-state index in [9.17, 15) is 9.90 Å². The Morgan fingerprint density at radius 2 is 1.68 bits per heavy atom. The number of carbonyl (C=O) groups excluding carboxylic acids is 1. The fourth-order valence-corrected chi connectivity index (χ4v) is 2.33. The minimum absolute atomic E-state index is 0.115. The van der Waals surface area contributed by atoms with E-state index < -0.39 is 6.04 Å². The number of nitrogens with zero attached hydrogens (tertiary/aromatic N) is 1. The average molecular weight is 335 g/mol. The number of para-hydroxylation sites is 1. The number of pyridine rings is 1. The van der Waals surface area contributed by atoms with Crippen molar-refractivity contribution in [1.29, 1.82) is 0 Å². The van der Waals surface area contributed by atoms with Gasteiger partial charge in [0.25, 0.3) is 5.91 Å². The zero-order valence-electron chi connectivity index (χ0n) is 13.8. The Hall–Kier alpha value is -3.34. The fourth-order valence-electron chi connectivity index (χ4n) is 2.33. The van der Waals surface area contributed by atoms with E-state index in [1.807, 2.05) is 30.3 Å². The van der Waals surface area contributed by atoms with Crippen molar-refractivity contribution in [3.05, 3.63) is 79.1 Å². The van der Waals surface area contributed by atoms with E-state index in [4.69, 9.17) is 4.74 Å². The number of carbonyl (C=O) groups is 1. The van der Waals surface area contributed by atoms with Gasteiger partial charge in [0.1, 0.15) is 11.5 Å². The Bertz CT molecular complexity index is 848. The van der Waals surface area contributed by atoms with Crippen LogP contribution < -0.4 is 14.6 Å². The van der Waals surface area contributed by atoms with Gasteiger partial charge in [-0.15, -0.1) is 0 Å². The Labute approximate surface area is 146 Å². The van der Waals surface area contributed by atoms with Crippen molar-refractivity contribution in [1.82, 2.24) is 0 Å². The van der Waals surface area contributed by atoms with E-state index in [-0.39, 0.29) is 11.7 Å². The molecule has 0 spiro atoms. The molecule has 25 heavy (non-hydrogen) atoms. The molecule has 1 aromatic heterocycles. The number of hydrogen-bond donors (Lipinski definition) is 2. The third kappa shape index (κ3) is 4.35. The maximum absolute atomic E-state index is 12.4. The van der Waals surface area contributed by atoms with E-state index in [2.05, 4.69) is 5.32 Å². The molecule has 1 atom stereocenters. The highest BCUT2D eigenvalue weighted by Crippen LogP contribution is 2.22. The molecule has 0 fully saturated rings. The summed E-state index contributed by atoms with van der Waals surface area (Å²) < 4.78 is 7.37. The standard InChI is InChI=1S/C20H18N2O3/c1-15(22-13-5-6-17(23)14-22)20(24)21-16-9-11-19(12-10-16)25-18-7-3-2-4-8-18/h2-15H,1H3,(H-,21,23,24)/p+1/t15-/m1/s1. The van der Waals surface area contributed by atoms with Crippen LogP contribution in [0.4, 0.5) is 5.69 Å². The van der Waals surface area contributed by atoms with Crippen molar-refractivity contribution in [2.45, 2.75) is 13.0 Å². The van der Waals surface area contributed by atoms with Gasteiger partial charge in [0.05, 0.1) is 0 Å². The number of hydrogen-bond acceptors (Lipinski definition) is 3. The summed E-state index contributed by atoms with van der Waals surface area (Å²) in [5.41, 5.74) is 0.679. The lowest BCUT2D eigenvalue weighted by molar-refractivity contribution is -0.705. The second kappa shape index (κ2) is 7.49. The monoisotopic (exact) mass is 335 g/mol. The lowest BCUT2D eigenvalue weighted by atomic mass is 10.2.